The molecule has 1 aromatic carbocycles. The molecule has 0 aliphatic carbocycles. The van der Waals surface area contributed by atoms with Crippen LogP contribution in [0.15, 0.2) is 24.3 Å². The van der Waals surface area contributed by atoms with Crippen LogP contribution in [0.25, 0.3) is 0 Å². The molecule has 8 heteroatoms. The van der Waals surface area contributed by atoms with Gasteiger partial charge in [-0.15, -0.1) is 0 Å². The number of benzene rings is 1. The average Bonchev–Trinajstić information content (AvgIpc) is 2.48. The highest BCUT2D eigenvalue weighted by atomic mass is 16.4. The molecule has 7 N–H and O–H groups in total. The Morgan fingerprint density at radius 1 is 0.920 bits per heavy atom. The van der Waals surface area contributed by atoms with Crippen LogP contribution in [0.1, 0.15) is 31.4 Å². The lowest BCUT2D eigenvalue weighted by Gasteiger charge is -2.10. The molecule has 0 aliphatic heterocycles. The molecular weight excluding hydrogens is 328 g/mol. The van der Waals surface area contributed by atoms with Crippen molar-refractivity contribution in [3.05, 3.63) is 35.4 Å². The van der Waals surface area contributed by atoms with E-state index in [2.05, 4.69) is 0 Å². The average molecular weight is 354 g/mol. The van der Waals surface area contributed by atoms with E-state index in [1.54, 1.807) is 24.3 Å². The monoisotopic (exact) mass is 354 g/mol. The van der Waals surface area contributed by atoms with Crippen LogP contribution in [0.5, 0.6) is 0 Å². The van der Waals surface area contributed by atoms with Crippen molar-refractivity contribution >= 4 is 17.9 Å². The summed E-state index contributed by atoms with van der Waals surface area (Å²) in [6.45, 7) is 3.89. The first-order valence-electron chi connectivity index (χ1n) is 7.79. The van der Waals surface area contributed by atoms with Crippen LogP contribution in [0, 0.1) is 5.92 Å². The first-order valence-corrected chi connectivity index (χ1v) is 7.79. The number of nitrogens with two attached hydrogens (primary N) is 2. The zero-order valence-corrected chi connectivity index (χ0v) is 14.4. The Kier molecular flexibility index (Phi) is 10.1. The van der Waals surface area contributed by atoms with Crippen molar-refractivity contribution in [1.82, 2.24) is 0 Å². The van der Waals surface area contributed by atoms with E-state index in [-0.39, 0.29) is 12.8 Å². The number of hydrogen-bond donors (Lipinski definition) is 5. The van der Waals surface area contributed by atoms with Crippen molar-refractivity contribution in [2.45, 2.75) is 45.2 Å². The maximum atomic E-state index is 10.6. The molecule has 0 aliphatic rings. The Morgan fingerprint density at radius 3 is 1.76 bits per heavy atom. The molecule has 0 saturated heterocycles. The van der Waals surface area contributed by atoms with Gasteiger partial charge in [-0.1, -0.05) is 38.1 Å². The molecular formula is C17H26N2O6. The second-order valence-electron chi connectivity index (χ2n) is 6.06. The lowest BCUT2D eigenvalue weighted by Crippen LogP contribution is -2.32. The molecule has 0 fully saturated rings. The Morgan fingerprint density at radius 2 is 1.40 bits per heavy atom. The molecule has 0 heterocycles. The van der Waals surface area contributed by atoms with Crippen molar-refractivity contribution in [3.63, 3.8) is 0 Å². The maximum absolute atomic E-state index is 10.6. The summed E-state index contributed by atoms with van der Waals surface area (Å²) in [5, 5.41) is 25.7. The van der Waals surface area contributed by atoms with Gasteiger partial charge in [0.25, 0.3) is 0 Å². The predicted molar refractivity (Wildman–Crippen MR) is 92.2 cm³/mol. The fourth-order valence-corrected chi connectivity index (χ4v) is 2.02. The van der Waals surface area contributed by atoms with E-state index in [9.17, 15) is 14.4 Å². The highest BCUT2D eigenvalue weighted by Crippen LogP contribution is 2.11. The summed E-state index contributed by atoms with van der Waals surface area (Å²) in [6, 6.07) is 5.11. The highest BCUT2D eigenvalue weighted by Gasteiger charge is 2.15. The van der Waals surface area contributed by atoms with E-state index in [1.807, 2.05) is 13.8 Å². The van der Waals surface area contributed by atoms with Crippen LogP contribution >= 0.6 is 0 Å². The number of hydrogen-bond acceptors (Lipinski definition) is 5. The van der Waals surface area contributed by atoms with Gasteiger partial charge in [-0.2, -0.15) is 0 Å². The second-order valence-corrected chi connectivity index (χ2v) is 6.06. The first-order chi connectivity index (χ1) is 11.5. The smallest absolute Gasteiger partial charge is 0.320 e. The summed E-state index contributed by atoms with van der Waals surface area (Å²) >= 11 is 0. The van der Waals surface area contributed by atoms with E-state index in [1.165, 1.54) is 0 Å². The Balaban J connectivity index is 0.000000547. The molecule has 0 bridgehead atoms. The number of rotatable bonds is 8. The SMILES string of the molecule is CC(C)C[C@H](N)C(=O)O.N[C@@H](Cc1ccccc1CC(=O)O)C(=O)O. The van der Waals surface area contributed by atoms with Crippen LogP contribution in [0.3, 0.4) is 0 Å². The molecule has 140 valence electrons. The fraction of sp³-hybridized carbons (Fsp3) is 0.471. The summed E-state index contributed by atoms with van der Waals surface area (Å²) in [5.41, 5.74) is 11.9. The van der Waals surface area contributed by atoms with Crippen molar-refractivity contribution in [2.75, 3.05) is 0 Å². The molecule has 0 saturated carbocycles. The third-order valence-electron chi connectivity index (χ3n) is 3.26. The van der Waals surface area contributed by atoms with Gasteiger partial charge in [-0.3, -0.25) is 14.4 Å². The normalized spacial score (nSPS) is 12.7. The third kappa shape index (κ3) is 10.1. The Bertz CT molecular complexity index is 588. The minimum absolute atomic E-state index is 0.123. The highest BCUT2D eigenvalue weighted by molar-refractivity contribution is 5.74. The topological polar surface area (TPSA) is 164 Å². The molecule has 0 radical (unpaired) electrons. The summed E-state index contributed by atoms with van der Waals surface area (Å²) in [5.74, 6) is -2.60. The van der Waals surface area contributed by atoms with E-state index >= 15 is 0 Å². The van der Waals surface area contributed by atoms with Crippen molar-refractivity contribution in [3.8, 4) is 0 Å². The zero-order chi connectivity index (χ0) is 19.6. The number of carboxylic acids is 3. The van der Waals surface area contributed by atoms with Gasteiger partial charge >= 0.3 is 17.9 Å². The van der Waals surface area contributed by atoms with Gasteiger partial charge in [0.05, 0.1) is 6.42 Å². The molecule has 0 aromatic heterocycles. The lowest BCUT2D eigenvalue weighted by molar-refractivity contribution is -0.139. The molecule has 2 atom stereocenters. The van der Waals surface area contributed by atoms with Gasteiger partial charge < -0.3 is 26.8 Å². The zero-order valence-electron chi connectivity index (χ0n) is 14.4. The lowest BCUT2D eigenvalue weighted by atomic mass is 9.98. The number of aliphatic carboxylic acids is 3. The summed E-state index contributed by atoms with van der Waals surface area (Å²) in [7, 11) is 0. The summed E-state index contributed by atoms with van der Waals surface area (Å²) in [6.07, 6.45) is 0.566. The van der Waals surface area contributed by atoms with E-state index in [4.69, 9.17) is 26.8 Å². The van der Waals surface area contributed by atoms with Crippen LogP contribution in [0.4, 0.5) is 0 Å². The van der Waals surface area contributed by atoms with Crippen LogP contribution in [0.2, 0.25) is 0 Å². The van der Waals surface area contributed by atoms with E-state index < -0.39 is 30.0 Å². The van der Waals surface area contributed by atoms with Crippen LogP contribution < -0.4 is 11.5 Å². The minimum atomic E-state index is -1.09. The molecule has 0 spiro atoms. The number of carboxylic acid groups (broad SMARTS) is 3. The first kappa shape index (κ1) is 22.6. The van der Waals surface area contributed by atoms with Crippen molar-refractivity contribution in [2.24, 2.45) is 17.4 Å². The molecule has 0 amide bonds. The molecule has 25 heavy (non-hydrogen) atoms. The van der Waals surface area contributed by atoms with Gasteiger partial charge in [0.2, 0.25) is 0 Å². The second kappa shape index (κ2) is 11.2. The van der Waals surface area contributed by atoms with E-state index in [0.29, 0.717) is 23.5 Å². The quantitative estimate of drug-likeness (QED) is 0.455. The van der Waals surface area contributed by atoms with Gasteiger partial charge in [0.1, 0.15) is 12.1 Å². The van der Waals surface area contributed by atoms with Gasteiger partial charge in [-0.25, -0.2) is 0 Å². The van der Waals surface area contributed by atoms with Crippen molar-refractivity contribution in [1.29, 1.82) is 0 Å². The molecule has 1 aromatic rings. The maximum Gasteiger partial charge on any atom is 0.320 e. The van der Waals surface area contributed by atoms with Gasteiger partial charge in [0.15, 0.2) is 0 Å². The van der Waals surface area contributed by atoms with Gasteiger partial charge in [0, 0.05) is 0 Å². The summed E-state index contributed by atoms with van der Waals surface area (Å²) < 4.78 is 0. The van der Waals surface area contributed by atoms with E-state index in [0.717, 1.165) is 0 Å². The van der Waals surface area contributed by atoms with Crippen LogP contribution in [-0.2, 0) is 27.2 Å². The molecule has 1 rings (SSSR count). The molecule has 8 nitrogen and oxygen atoms in total. The fourth-order valence-electron chi connectivity index (χ4n) is 2.02. The van der Waals surface area contributed by atoms with Crippen molar-refractivity contribution < 1.29 is 29.7 Å². The minimum Gasteiger partial charge on any atom is -0.481 e. The Hall–Kier alpha value is -2.45. The number of carbonyl (C=O) groups is 3. The Labute approximate surface area is 146 Å². The predicted octanol–water partition coefficient (Wildman–Crippen LogP) is 0.713. The van der Waals surface area contributed by atoms with Gasteiger partial charge in [-0.05, 0) is 29.9 Å². The molecule has 0 unspecified atom stereocenters. The third-order valence-corrected chi connectivity index (χ3v) is 3.26. The van der Waals surface area contributed by atoms with Crippen LogP contribution in [-0.4, -0.2) is 45.3 Å². The largest absolute Gasteiger partial charge is 0.481 e. The standard InChI is InChI=1S/C11H13NO4.C6H13NO2/c12-9(11(15)16)5-7-3-1-2-4-8(7)6-10(13)14;1-4(2)3-5(7)6(8)9/h1-4,9H,5-6,12H2,(H,13,14)(H,15,16);4-5H,3,7H2,1-2H3,(H,8,9)/t9-;5-/m00/s1. The summed E-state index contributed by atoms with van der Waals surface area (Å²) in [4.78, 5) is 31.3.